The first-order chi connectivity index (χ1) is 9.04. The lowest BCUT2D eigenvalue weighted by Gasteiger charge is -2.17. The number of carbonyl (C=O) groups excluding carboxylic acids is 1. The van der Waals surface area contributed by atoms with E-state index >= 15 is 0 Å². The fourth-order valence-corrected chi connectivity index (χ4v) is 1.58. The van der Waals surface area contributed by atoms with E-state index in [1.165, 1.54) is 0 Å². The fraction of sp³-hybridized carbons (Fsp3) is 0.571. The summed E-state index contributed by atoms with van der Waals surface area (Å²) in [6.45, 7) is 5.14. The predicted octanol–water partition coefficient (Wildman–Crippen LogP) is 1.75. The van der Waals surface area contributed by atoms with E-state index in [-0.39, 0.29) is 5.91 Å². The van der Waals surface area contributed by atoms with Gasteiger partial charge >= 0.3 is 0 Å². The summed E-state index contributed by atoms with van der Waals surface area (Å²) in [5.41, 5.74) is 0.425. The molecule has 1 aromatic rings. The Bertz CT molecular complexity index is 407. The number of amides is 1. The molecule has 0 spiro atoms. The highest BCUT2D eigenvalue weighted by atomic mass is 16.3. The summed E-state index contributed by atoms with van der Waals surface area (Å²) in [5, 5.41) is 12.4. The Morgan fingerprint density at radius 3 is 2.89 bits per heavy atom. The minimum absolute atomic E-state index is 0.124. The highest BCUT2D eigenvalue weighted by molar-refractivity contribution is 5.92. The van der Waals surface area contributed by atoms with Crippen LogP contribution in [0.3, 0.4) is 0 Å². The molecule has 0 radical (unpaired) electrons. The van der Waals surface area contributed by atoms with E-state index in [0.29, 0.717) is 18.7 Å². The van der Waals surface area contributed by atoms with Gasteiger partial charge in [0.1, 0.15) is 11.5 Å². The van der Waals surface area contributed by atoms with Crippen molar-refractivity contribution in [3.8, 4) is 0 Å². The lowest BCUT2D eigenvalue weighted by molar-refractivity contribution is 0.0763. The first-order valence-corrected chi connectivity index (χ1v) is 6.69. The van der Waals surface area contributed by atoms with Crippen molar-refractivity contribution in [2.75, 3.05) is 25.5 Å². The number of anilines is 1. The number of hydrogen-bond donors (Lipinski definition) is 2. The van der Waals surface area contributed by atoms with Gasteiger partial charge in [-0.25, -0.2) is 4.98 Å². The second-order valence-corrected chi connectivity index (χ2v) is 4.70. The second-order valence-electron chi connectivity index (χ2n) is 4.70. The molecule has 2 N–H and O–H groups in total. The van der Waals surface area contributed by atoms with E-state index < -0.39 is 6.10 Å². The minimum atomic E-state index is -0.402. The maximum absolute atomic E-state index is 12.1. The number of hydrogen-bond acceptors (Lipinski definition) is 4. The lowest BCUT2D eigenvalue weighted by Crippen LogP contribution is -2.30. The van der Waals surface area contributed by atoms with Crippen molar-refractivity contribution < 1.29 is 9.90 Å². The van der Waals surface area contributed by atoms with E-state index in [1.807, 2.05) is 12.1 Å². The molecule has 5 heteroatoms. The molecule has 0 fully saturated rings. The molecular formula is C14H23N3O2. The molecule has 0 aliphatic rings. The highest BCUT2D eigenvalue weighted by Gasteiger charge is 2.13. The van der Waals surface area contributed by atoms with Crippen molar-refractivity contribution in [2.24, 2.45) is 0 Å². The van der Waals surface area contributed by atoms with Crippen LogP contribution in [0.25, 0.3) is 0 Å². The van der Waals surface area contributed by atoms with Crippen molar-refractivity contribution in [3.63, 3.8) is 0 Å². The number of aliphatic hydroxyl groups is 1. The van der Waals surface area contributed by atoms with Gasteiger partial charge < -0.3 is 15.3 Å². The summed E-state index contributed by atoms with van der Waals surface area (Å²) in [7, 11) is 1.72. The monoisotopic (exact) mass is 265 g/mol. The van der Waals surface area contributed by atoms with Gasteiger partial charge in [0, 0.05) is 20.1 Å². The van der Waals surface area contributed by atoms with Crippen LogP contribution in [0.15, 0.2) is 18.2 Å². The summed E-state index contributed by atoms with van der Waals surface area (Å²) >= 11 is 0. The van der Waals surface area contributed by atoms with Crippen LogP contribution >= 0.6 is 0 Å². The van der Waals surface area contributed by atoms with E-state index in [0.717, 1.165) is 18.8 Å². The zero-order valence-electron chi connectivity index (χ0n) is 11.9. The average Bonchev–Trinajstić information content (AvgIpc) is 2.41. The third-order valence-electron chi connectivity index (χ3n) is 2.75. The number of nitrogens with one attached hydrogen (secondary N) is 1. The second kappa shape index (κ2) is 7.74. The van der Waals surface area contributed by atoms with Crippen molar-refractivity contribution in [3.05, 3.63) is 23.9 Å². The van der Waals surface area contributed by atoms with Gasteiger partial charge in [-0.1, -0.05) is 13.0 Å². The van der Waals surface area contributed by atoms with Crippen molar-refractivity contribution in [2.45, 2.75) is 32.8 Å². The van der Waals surface area contributed by atoms with Crippen LogP contribution in [-0.2, 0) is 0 Å². The molecule has 0 aliphatic carbocycles. The Morgan fingerprint density at radius 2 is 2.26 bits per heavy atom. The first-order valence-electron chi connectivity index (χ1n) is 6.69. The summed E-state index contributed by atoms with van der Waals surface area (Å²) in [6, 6.07) is 5.38. The van der Waals surface area contributed by atoms with Gasteiger partial charge in [0.15, 0.2) is 0 Å². The number of pyridine rings is 1. The smallest absolute Gasteiger partial charge is 0.272 e. The van der Waals surface area contributed by atoms with Gasteiger partial charge in [-0.3, -0.25) is 4.79 Å². The minimum Gasteiger partial charge on any atom is -0.393 e. The molecule has 0 saturated carbocycles. The van der Waals surface area contributed by atoms with Crippen LogP contribution in [0.2, 0.25) is 0 Å². The normalized spacial score (nSPS) is 12.0. The maximum atomic E-state index is 12.1. The van der Waals surface area contributed by atoms with Gasteiger partial charge in [0.25, 0.3) is 5.91 Å². The molecule has 1 unspecified atom stereocenters. The highest BCUT2D eigenvalue weighted by Crippen LogP contribution is 2.07. The van der Waals surface area contributed by atoms with Gasteiger partial charge in [-0.15, -0.1) is 0 Å². The Morgan fingerprint density at radius 1 is 1.53 bits per heavy atom. The van der Waals surface area contributed by atoms with Crippen LogP contribution in [0.5, 0.6) is 0 Å². The molecule has 19 heavy (non-hydrogen) atoms. The molecule has 106 valence electrons. The van der Waals surface area contributed by atoms with Crippen LogP contribution in [0.4, 0.5) is 5.82 Å². The topological polar surface area (TPSA) is 65.5 Å². The number of rotatable bonds is 7. The van der Waals surface area contributed by atoms with Crippen LogP contribution in [-0.4, -0.2) is 47.1 Å². The van der Waals surface area contributed by atoms with Crippen molar-refractivity contribution >= 4 is 11.7 Å². The van der Waals surface area contributed by atoms with Gasteiger partial charge in [0.2, 0.25) is 0 Å². The van der Waals surface area contributed by atoms with Gasteiger partial charge in [-0.05, 0) is 31.9 Å². The quantitative estimate of drug-likeness (QED) is 0.788. The molecule has 0 aliphatic heterocycles. The average molecular weight is 265 g/mol. The summed E-state index contributed by atoms with van der Waals surface area (Å²) in [4.78, 5) is 18.0. The maximum Gasteiger partial charge on any atom is 0.272 e. The summed E-state index contributed by atoms with van der Waals surface area (Å²) < 4.78 is 0. The molecule has 0 aromatic carbocycles. The zero-order chi connectivity index (χ0) is 14.3. The van der Waals surface area contributed by atoms with Crippen LogP contribution in [0.1, 0.15) is 37.2 Å². The molecule has 1 aromatic heterocycles. The standard InChI is InChI=1S/C14H23N3O2/c1-4-9-15-13-7-5-6-12(16-13)14(19)17(3)10-8-11(2)18/h5-7,11,18H,4,8-10H2,1-3H3,(H,15,16). The third-order valence-corrected chi connectivity index (χ3v) is 2.75. The van der Waals surface area contributed by atoms with Crippen LogP contribution in [0, 0.1) is 0 Å². The zero-order valence-corrected chi connectivity index (χ0v) is 11.9. The summed E-state index contributed by atoms with van der Waals surface area (Å²) in [5.74, 6) is 0.595. The van der Waals surface area contributed by atoms with Crippen LogP contribution < -0.4 is 5.32 Å². The number of aliphatic hydroxyl groups excluding tert-OH is 1. The Kier molecular flexibility index (Phi) is 6.29. The predicted molar refractivity (Wildman–Crippen MR) is 76.3 cm³/mol. The summed E-state index contributed by atoms with van der Waals surface area (Å²) in [6.07, 6.45) is 1.17. The molecule has 1 amide bonds. The van der Waals surface area contributed by atoms with E-state index in [9.17, 15) is 9.90 Å². The Hall–Kier alpha value is -1.62. The molecule has 5 nitrogen and oxygen atoms in total. The molecular weight excluding hydrogens is 242 g/mol. The number of nitrogens with zero attached hydrogens (tertiary/aromatic N) is 2. The fourth-order valence-electron chi connectivity index (χ4n) is 1.58. The largest absolute Gasteiger partial charge is 0.393 e. The Balaban J connectivity index is 2.65. The Labute approximate surface area is 114 Å². The van der Waals surface area contributed by atoms with E-state index in [2.05, 4.69) is 17.2 Å². The lowest BCUT2D eigenvalue weighted by atomic mass is 10.2. The molecule has 1 heterocycles. The third kappa shape index (κ3) is 5.26. The van der Waals surface area contributed by atoms with Gasteiger partial charge in [-0.2, -0.15) is 0 Å². The SMILES string of the molecule is CCCNc1cccc(C(=O)N(C)CCC(C)O)n1. The van der Waals surface area contributed by atoms with E-state index in [1.54, 1.807) is 24.9 Å². The van der Waals surface area contributed by atoms with Gasteiger partial charge in [0.05, 0.1) is 6.10 Å². The molecule has 0 bridgehead atoms. The molecule has 1 atom stereocenters. The first kappa shape index (κ1) is 15.4. The number of carbonyl (C=O) groups is 1. The van der Waals surface area contributed by atoms with E-state index in [4.69, 9.17) is 0 Å². The molecule has 0 saturated heterocycles. The van der Waals surface area contributed by atoms with Crippen molar-refractivity contribution in [1.29, 1.82) is 0 Å². The van der Waals surface area contributed by atoms with Crippen molar-refractivity contribution in [1.82, 2.24) is 9.88 Å². The number of aromatic nitrogens is 1. The molecule has 1 rings (SSSR count).